The van der Waals surface area contributed by atoms with E-state index in [4.69, 9.17) is 9.47 Å². The Bertz CT molecular complexity index is 861. The van der Waals surface area contributed by atoms with Crippen LogP contribution in [0.1, 0.15) is 6.92 Å². The summed E-state index contributed by atoms with van der Waals surface area (Å²) in [4.78, 5) is 43.6. The number of rotatable bonds is 9. The second kappa shape index (κ2) is 9.35. The molecule has 0 radical (unpaired) electrons. The maximum absolute atomic E-state index is 13.3. The highest BCUT2D eigenvalue weighted by atomic mass is 32.1. The standard InChI is InChI=1S/C15H15F3NO8PS2/c1-2-25-10(20)9-19(13(21)14(16,17)18)15(28(22,23)24,26-11-5-3-7-29-11)27-12-6-4-8-30-12/h3-8H,2,9H2,1H3,(H2,22,23,24). The molecule has 0 fully saturated rings. The molecule has 2 rings (SSSR count). The van der Waals surface area contributed by atoms with Crippen LogP contribution in [0.4, 0.5) is 13.2 Å². The zero-order valence-electron chi connectivity index (χ0n) is 15.1. The molecule has 0 aliphatic carbocycles. The van der Waals surface area contributed by atoms with E-state index in [0.717, 1.165) is 22.7 Å². The first kappa shape index (κ1) is 24.2. The van der Waals surface area contributed by atoms with Gasteiger partial charge in [-0.2, -0.15) is 13.2 Å². The van der Waals surface area contributed by atoms with Gasteiger partial charge in [0.2, 0.25) is 0 Å². The second-order valence-corrected chi connectivity index (χ2v) is 8.83. The van der Waals surface area contributed by atoms with Crippen LogP contribution in [0, 0.1) is 0 Å². The molecule has 2 aromatic rings. The van der Waals surface area contributed by atoms with Crippen molar-refractivity contribution in [1.29, 1.82) is 0 Å². The molecule has 9 nitrogen and oxygen atoms in total. The summed E-state index contributed by atoms with van der Waals surface area (Å²) in [6.45, 7) is -0.407. The summed E-state index contributed by atoms with van der Waals surface area (Å²) >= 11 is 1.53. The van der Waals surface area contributed by atoms with Crippen molar-refractivity contribution >= 4 is 42.1 Å². The highest BCUT2D eigenvalue weighted by Gasteiger charge is 2.65. The van der Waals surface area contributed by atoms with Crippen LogP contribution in [0.3, 0.4) is 0 Å². The molecule has 2 heterocycles. The predicted molar refractivity (Wildman–Crippen MR) is 99.1 cm³/mol. The summed E-state index contributed by atoms with van der Waals surface area (Å²) in [6.07, 6.45) is -5.62. The smallest absolute Gasteiger partial charge is 0.465 e. The number of amides is 1. The third-order valence-corrected chi connectivity index (χ3v) is 5.90. The quantitative estimate of drug-likeness (QED) is 0.313. The lowest BCUT2D eigenvalue weighted by Gasteiger charge is -2.40. The summed E-state index contributed by atoms with van der Waals surface area (Å²) in [5.41, 5.74) is -3.64. The molecule has 15 heteroatoms. The molecule has 0 atom stereocenters. The molecule has 0 aliphatic rings. The molecule has 30 heavy (non-hydrogen) atoms. The Morgan fingerprint density at radius 2 is 1.60 bits per heavy atom. The molecular weight excluding hydrogens is 474 g/mol. The van der Waals surface area contributed by atoms with Gasteiger partial charge in [-0.3, -0.25) is 9.59 Å². The zero-order chi connectivity index (χ0) is 22.6. The highest BCUT2D eigenvalue weighted by molar-refractivity contribution is 7.53. The van der Waals surface area contributed by atoms with Gasteiger partial charge in [0.1, 0.15) is 6.54 Å². The number of alkyl halides is 3. The molecule has 0 saturated heterocycles. The van der Waals surface area contributed by atoms with Crippen molar-refractivity contribution in [3.05, 3.63) is 35.0 Å². The molecule has 0 bridgehead atoms. The van der Waals surface area contributed by atoms with E-state index in [-0.39, 0.29) is 16.7 Å². The lowest BCUT2D eigenvalue weighted by Crippen LogP contribution is -2.63. The highest BCUT2D eigenvalue weighted by Crippen LogP contribution is 2.55. The van der Waals surface area contributed by atoms with Crippen molar-refractivity contribution in [2.24, 2.45) is 0 Å². The first-order valence-corrected chi connectivity index (χ1v) is 11.3. The topological polar surface area (TPSA) is 123 Å². The third-order valence-electron chi connectivity index (χ3n) is 3.25. The summed E-state index contributed by atoms with van der Waals surface area (Å²) in [5.74, 6) is -4.13. The van der Waals surface area contributed by atoms with Crippen molar-refractivity contribution in [3.8, 4) is 10.1 Å². The molecule has 2 aromatic heterocycles. The lowest BCUT2D eigenvalue weighted by atomic mass is 10.4. The SMILES string of the molecule is CCOC(=O)CN(C(=O)C(F)(F)F)C(Oc1cccs1)(Oc1cccs1)P(=O)(O)O. The second-order valence-electron chi connectivity index (χ2n) is 5.35. The van der Waals surface area contributed by atoms with E-state index in [1.54, 1.807) is 0 Å². The molecule has 0 spiro atoms. The molecule has 0 aliphatic heterocycles. The number of carbonyl (C=O) groups is 2. The Hall–Kier alpha value is -2.12. The number of hydrogen-bond donors (Lipinski definition) is 2. The minimum atomic E-state index is -5.88. The zero-order valence-corrected chi connectivity index (χ0v) is 17.6. The van der Waals surface area contributed by atoms with E-state index in [1.807, 2.05) is 0 Å². The Morgan fingerprint density at radius 3 is 1.93 bits per heavy atom. The van der Waals surface area contributed by atoms with Crippen LogP contribution in [0.15, 0.2) is 35.0 Å². The van der Waals surface area contributed by atoms with E-state index in [0.29, 0.717) is 0 Å². The minimum absolute atomic E-state index is 0.257. The third kappa shape index (κ3) is 5.52. The monoisotopic (exact) mass is 489 g/mol. The van der Waals surface area contributed by atoms with Crippen LogP contribution in [0.25, 0.3) is 0 Å². The average Bonchev–Trinajstić information content (AvgIpc) is 3.31. The number of esters is 1. The number of hydrogen-bond acceptors (Lipinski definition) is 8. The van der Waals surface area contributed by atoms with Gasteiger partial charge < -0.3 is 24.0 Å². The summed E-state index contributed by atoms with van der Waals surface area (Å²) < 4.78 is 67.3. The van der Waals surface area contributed by atoms with Crippen LogP contribution < -0.4 is 9.47 Å². The number of nitrogens with zero attached hydrogens (tertiary/aromatic N) is 1. The Balaban J connectivity index is 2.69. The van der Waals surface area contributed by atoms with Crippen molar-refractivity contribution in [2.45, 2.75) is 18.8 Å². The van der Waals surface area contributed by atoms with Gasteiger partial charge in [-0.25, -0.2) is 9.46 Å². The van der Waals surface area contributed by atoms with E-state index >= 15 is 0 Å². The van der Waals surface area contributed by atoms with E-state index in [9.17, 15) is 37.1 Å². The normalized spacial score (nSPS) is 12.3. The van der Waals surface area contributed by atoms with Crippen molar-refractivity contribution in [1.82, 2.24) is 4.90 Å². The van der Waals surface area contributed by atoms with Crippen LogP contribution in [0.5, 0.6) is 10.1 Å². The van der Waals surface area contributed by atoms with Gasteiger partial charge >= 0.3 is 31.3 Å². The number of thiophene rings is 2. The Morgan fingerprint density at radius 1 is 1.10 bits per heavy atom. The van der Waals surface area contributed by atoms with Gasteiger partial charge in [-0.1, -0.05) is 0 Å². The fourth-order valence-corrected chi connectivity index (χ4v) is 4.35. The lowest BCUT2D eigenvalue weighted by molar-refractivity contribution is -0.223. The Kier molecular flexibility index (Phi) is 7.53. The Labute approximate surface area is 175 Å². The minimum Gasteiger partial charge on any atom is -0.465 e. The van der Waals surface area contributed by atoms with Crippen molar-refractivity contribution < 1.29 is 51.3 Å². The summed E-state index contributed by atoms with van der Waals surface area (Å²) in [7, 11) is -5.88. The van der Waals surface area contributed by atoms with Crippen molar-refractivity contribution in [3.63, 3.8) is 0 Å². The van der Waals surface area contributed by atoms with Crippen LogP contribution in [-0.4, -0.2) is 51.5 Å². The van der Waals surface area contributed by atoms with Crippen LogP contribution in [0.2, 0.25) is 0 Å². The van der Waals surface area contributed by atoms with E-state index in [1.165, 1.54) is 41.9 Å². The largest absolute Gasteiger partial charge is 0.471 e. The van der Waals surface area contributed by atoms with Crippen LogP contribution >= 0.6 is 30.3 Å². The fraction of sp³-hybridized carbons (Fsp3) is 0.333. The molecule has 0 unspecified atom stereocenters. The first-order chi connectivity index (χ1) is 13.9. The molecule has 0 aromatic carbocycles. The fourth-order valence-electron chi connectivity index (χ4n) is 2.10. The maximum atomic E-state index is 13.3. The predicted octanol–water partition coefficient (Wildman–Crippen LogP) is 3.01. The summed E-state index contributed by atoms with van der Waals surface area (Å²) in [6, 6.07) is 5.15. The number of halogens is 3. The molecule has 166 valence electrons. The van der Waals surface area contributed by atoms with Gasteiger partial charge in [0.15, 0.2) is 10.1 Å². The van der Waals surface area contributed by atoms with Crippen molar-refractivity contribution in [2.75, 3.05) is 13.2 Å². The van der Waals surface area contributed by atoms with E-state index in [2.05, 4.69) is 4.74 Å². The van der Waals surface area contributed by atoms with Gasteiger partial charge in [-0.05, 0) is 41.9 Å². The maximum Gasteiger partial charge on any atom is 0.471 e. The molecule has 1 amide bonds. The molecule has 0 saturated carbocycles. The van der Waals surface area contributed by atoms with Gasteiger partial charge in [0, 0.05) is 0 Å². The van der Waals surface area contributed by atoms with E-state index < -0.39 is 42.7 Å². The average molecular weight is 489 g/mol. The van der Waals surface area contributed by atoms with Gasteiger partial charge in [-0.15, -0.1) is 22.7 Å². The van der Waals surface area contributed by atoms with Crippen LogP contribution in [-0.2, 0) is 18.9 Å². The number of carbonyl (C=O) groups excluding carboxylic acids is 2. The van der Waals surface area contributed by atoms with Gasteiger partial charge in [0.25, 0.3) is 0 Å². The molecule has 2 N–H and O–H groups in total. The molecular formula is C15H15F3NO8PS2. The summed E-state index contributed by atoms with van der Waals surface area (Å²) in [5, 5.41) is 2.26. The first-order valence-electron chi connectivity index (χ1n) is 7.96. The number of ether oxygens (including phenoxy) is 3. The van der Waals surface area contributed by atoms with Gasteiger partial charge in [0.05, 0.1) is 6.61 Å².